The summed E-state index contributed by atoms with van der Waals surface area (Å²) in [5.74, 6) is 2.44. The van der Waals surface area contributed by atoms with E-state index in [1.54, 1.807) is 87.0 Å². The minimum Gasteiger partial charge on any atom is -0.497 e. The third kappa shape index (κ3) is 6.89. The van der Waals surface area contributed by atoms with Gasteiger partial charge in [0.05, 0.1) is 26.9 Å². The Labute approximate surface area is 200 Å². The van der Waals surface area contributed by atoms with Crippen LogP contribution in [0.2, 0.25) is 0 Å². The van der Waals surface area contributed by atoms with Gasteiger partial charge >= 0.3 is 0 Å². The minimum absolute atomic E-state index is 0.0213. The van der Waals surface area contributed by atoms with Crippen LogP contribution in [0.4, 0.5) is 5.69 Å². The molecule has 0 aliphatic carbocycles. The van der Waals surface area contributed by atoms with Crippen molar-refractivity contribution in [2.75, 3.05) is 32.3 Å². The fraction of sp³-hybridized carbons (Fsp3) is 0.296. The quantitative estimate of drug-likeness (QED) is 0.447. The molecule has 1 N–H and O–H groups in total. The van der Waals surface area contributed by atoms with E-state index in [4.69, 9.17) is 18.9 Å². The number of ether oxygens (including phenoxy) is 4. The Morgan fingerprint density at radius 1 is 0.794 bits per heavy atom. The first kappa shape index (κ1) is 24.9. The van der Waals surface area contributed by atoms with Crippen LogP contribution in [0.3, 0.4) is 0 Å². The zero-order valence-corrected chi connectivity index (χ0v) is 19.9. The van der Waals surface area contributed by atoms with Gasteiger partial charge in [-0.05, 0) is 86.6 Å². The number of aliphatic hydroxyl groups excluding tert-OH is 1. The Kier molecular flexibility index (Phi) is 8.76. The van der Waals surface area contributed by atoms with Gasteiger partial charge in [0.25, 0.3) is 5.91 Å². The van der Waals surface area contributed by atoms with Crippen molar-refractivity contribution in [2.45, 2.75) is 26.1 Å². The van der Waals surface area contributed by atoms with Gasteiger partial charge in [-0.2, -0.15) is 0 Å². The molecular weight excluding hydrogens is 434 g/mol. The fourth-order valence-electron chi connectivity index (χ4n) is 3.30. The normalized spacial score (nSPS) is 11.6. The number of carbonyl (C=O) groups excluding carboxylic acids is 1. The average molecular weight is 466 g/mol. The van der Waals surface area contributed by atoms with Gasteiger partial charge in [0.2, 0.25) is 0 Å². The second-order valence-corrected chi connectivity index (χ2v) is 7.95. The molecule has 7 heteroatoms. The van der Waals surface area contributed by atoms with E-state index in [1.807, 2.05) is 13.8 Å². The molecule has 0 unspecified atom stereocenters. The first-order chi connectivity index (χ1) is 16.4. The Balaban J connectivity index is 1.74. The molecule has 3 aromatic carbocycles. The number of benzene rings is 3. The monoisotopic (exact) mass is 465 g/mol. The standard InChI is InChI=1S/C27H31NO6/c1-19(2)34-26-9-5-20(6-10-26)27(30)28(21-7-11-23(31-3)12-8-21)17-22(29)18-33-25-15-13-24(32-4)14-16-25/h5-16,19,22,29H,17-18H2,1-4H3/t22-/m0/s1. The van der Waals surface area contributed by atoms with Crippen molar-refractivity contribution < 1.29 is 28.8 Å². The highest BCUT2D eigenvalue weighted by molar-refractivity contribution is 6.06. The molecule has 0 radical (unpaired) electrons. The van der Waals surface area contributed by atoms with Crippen LogP contribution in [-0.2, 0) is 0 Å². The van der Waals surface area contributed by atoms with Gasteiger partial charge in [-0.3, -0.25) is 4.79 Å². The van der Waals surface area contributed by atoms with Gasteiger partial charge in [-0.1, -0.05) is 0 Å². The first-order valence-corrected chi connectivity index (χ1v) is 11.1. The average Bonchev–Trinajstić information content (AvgIpc) is 2.86. The second-order valence-electron chi connectivity index (χ2n) is 7.95. The first-order valence-electron chi connectivity index (χ1n) is 11.1. The maximum absolute atomic E-state index is 13.4. The number of methoxy groups -OCH3 is 2. The summed E-state index contributed by atoms with van der Waals surface area (Å²) in [6.45, 7) is 3.96. The largest absolute Gasteiger partial charge is 0.497 e. The van der Waals surface area contributed by atoms with Crippen molar-refractivity contribution in [1.82, 2.24) is 0 Å². The molecule has 0 aromatic heterocycles. The lowest BCUT2D eigenvalue weighted by Crippen LogP contribution is -2.40. The number of rotatable bonds is 11. The molecule has 3 aromatic rings. The van der Waals surface area contributed by atoms with Gasteiger partial charge in [0.1, 0.15) is 35.7 Å². The van der Waals surface area contributed by atoms with E-state index in [2.05, 4.69) is 0 Å². The van der Waals surface area contributed by atoms with Crippen molar-refractivity contribution in [3.05, 3.63) is 78.4 Å². The Morgan fingerprint density at radius 2 is 1.29 bits per heavy atom. The molecule has 34 heavy (non-hydrogen) atoms. The third-order valence-electron chi connectivity index (χ3n) is 5.00. The van der Waals surface area contributed by atoms with E-state index in [-0.39, 0.29) is 25.2 Å². The van der Waals surface area contributed by atoms with Crippen LogP contribution in [0.15, 0.2) is 72.8 Å². The van der Waals surface area contributed by atoms with Crippen LogP contribution < -0.4 is 23.8 Å². The van der Waals surface area contributed by atoms with Crippen LogP contribution in [-0.4, -0.2) is 50.6 Å². The molecule has 0 fully saturated rings. The topological polar surface area (TPSA) is 77.5 Å². The van der Waals surface area contributed by atoms with Crippen LogP contribution >= 0.6 is 0 Å². The van der Waals surface area contributed by atoms with E-state index < -0.39 is 6.10 Å². The predicted molar refractivity (Wildman–Crippen MR) is 131 cm³/mol. The zero-order chi connectivity index (χ0) is 24.5. The lowest BCUT2D eigenvalue weighted by atomic mass is 10.1. The van der Waals surface area contributed by atoms with Crippen LogP contribution in [0, 0.1) is 0 Å². The summed E-state index contributed by atoms with van der Waals surface area (Å²) >= 11 is 0. The number of carbonyl (C=O) groups is 1. The Morgan fingerprint density at radius 3 is 1.82 bits per heavy atom. The van der Waals surface area contributed by atoms with E-state index in [0.717, 1.165) is 0 Å². The molecule has 0 aliphatic rings. The summed E-state index contributed by atoms with van der Waals surface area (Å²) in [7, 11) is 3.17. The maximum atomic E-state index is 13.4. The number of nitrogens with zero attached hydrogens (tertiary/aromatic N) is 1. The van der Waals surface area contributed by atoms with Gasteiger partial charge in [-0.25, -0.2) is 0 Å². The molecule has 1 amide bonds. The van der Waals surface area contributed by atoms with Crippen molar-refractivity contribution in [3.63, 3.8) is 0 Å². The van der Waals surface area contributed by atoms with E-state index in [0.29, 0.717) is 34.2 Å². The molecule has 0 bridgehead atoms. The molecule has 7 nitrogen and oxygen atoms in total. The highest BCUT2D eigenvalue weighted by Crippen LogP contribution is 2.23. The molecule has 0 aliphatic heterocycles. The summed E-state index contributed by atoms with van der Waals surface area (Å²) in [5.41, 5.74) is 1.12. The van der Waals surface area contributed by atoms with Crippen molar-refractivity contribution in [1.29, 1.82) is 0 Å². The second kappa shape index (κ2) is 12.0. The Hall–Kier alpha value is -3.71. The number of amides is 1. The molecule has 0 saturated heterocycles. The molecule has 180 valence electrons. The van der Waals surface area contributed by atoms with Crippen molar-refractivity contribution in [2.24, 2.45) is 0 Å². The van der Waals surface area contributed by atoms with Crippen LogP contribution in [0.1, 0.15) is 24.2 Å². The number of hydrogen-bond donors (Lipinski definition) is 1. The van der Waals surface area contributed by atoms with Crippen molar-refractivity contribution in [3.8, 4) is 23.0 Å². The van der Waals surface area contributed by atoms with Gasteiger partial charge in [0, 0.05) is 11.3 Å². The summed E-state index contributed by atoms with van der Waals surface area (Å²) in [5, 5.41) is 10.7. The molecule has 0 spiro atoms. The third-order valence-corrected chi connectivity index (χ3v) is 5.00. The van der Waals surface area contributed by atoms with Gasteiger partial charge in [0.15, 0.2) is 0 Å². The highest BCUT2D eigenvalue weighted by atomic mass is 16.5. The maximum Gasteiger partial charge on any atom is 0.258 e. The lowest BCUT2D eigenvalue weighted by molar-refractivity contribution is 0.0906. The van der Waals surface area contributed by atoms with E-state index >= 15 is 0 Å². The van der Waals surface area contributed by atoms with Gasteiger partial charge < -0.3 is 29.0 Å². The number of aliphatic hydroxyl groups is 1. The van der Waals surface area contributed by atoms with Crippen LogP contribution in [0.5, 0.6) is 23.0 Å². The number of anilines is 1. The molecule has 3 rings (SSSR count). The molecule has 0 saturated carbocycles. The highest BCUT2D eigenvalue weighted by Gasteiger charge is 2.22. The predicted octanol–water partition coefficient (Wildman–Crippen LogP) is 4.58. The van der Waals surface area contributed by atoms with E-state index in [1.165, 1.54) is 4.90 Å². The fourth-order valence-corrected chi connectivity index (χ4v) is 3.30. The zero-order valence-electron chi connectivity index (χ0n) is 19.9. The van der Waals surface area contributed by atoms with Gasteiger partial charge in [-0.15, -0.1) is 0 Å². The summed E-state index contributed by atoms with van der Waals surface area (Å²) in [4.78, 5) is 14.9. The molecular formula is C27H31NO6. The van der Waals surface area contributed by atoms with E-state index in [9.17, 15) is 9.90 Å². The number of hydrogen-bond acceptors (Lipinski definition) is 6. The Bertz CT molecular complexity index is 1030. The molecule has 0 heterocycles. The lowest BCUT2D eigenvalue weighted by Gasteiger charge is -2.26. The smallest absolute Gasteiger partial charge is 0.258 e. The SMILES string of the molecule is COc1ccc(OC[C@@H](O)CN(C(=O)c2ccc(OC(C)C)cc2)c2ccc(OC)cc2)cc1. The van der Waals surface area contributed by atoms with Crippen molar-refractivity contribution >= 4 is 11.6 Å². The summed E-state index contributed by atoms with van der Waals surface area (Å²) < 4.78 is 21.7. The minimum atomic E-state index is -0.920. The molecule has 1 atom stereocenters. The summed E-state index contributed by atoms with van der Waals surface area (Å²) in [6.07, 6.45) is -0.880. The van der Waals surface area contributed by atoms with Crippen LogP contribution in [0.25, 0.3) is 0 Å². The summed E-state index contributed by atoms with van der Waals surface area (Å²) in [6, 6.07) is 21.2.